The van der Waals surface area contributed by atoms with Gasteiger partial charge in [0.1, 0.15) is 5.60 Å². The van der Waals surface area contributed by atoms with Gasteiger partial charge in [0.15, 0.2) is 0 Å². The molecule has 6 aliphatic rings. The van der Waals surface area contributed by atoms with E-state index in [1.54, 1.807) is 0 Å². The lowest BCUT2D eigenvalue weighted by molar-refractivity contribution is -0.231. The summed E-state index contributed by atoms with van der Waals surface area (Å²) in [5.74, 6) is 1.30. The molecule has 166 valence electrons. The molecule has 0 aromatic heterocycles. The van der Waals surface area contributed by atoms with Crippen molar-refractivity contribution in [2.24, 2.45) is 45.8 Å². The van der Waals surface area contributed by atoms with Gasteiger partial charge in [-0.1, -0.05) is 38.8 Å². The minimum Gasteiger partial charge on any atom is -0.481 e. The lowest BCUT2D eigenvalue weighted by Gasteiger charge is -2.71. The molecule has 0 aromatic carbocycles. The van der Waals surface area contributed by atoms with E-state index in [1.165, 1.54) is 5.57 Å². The van der Waals surface area contributed by atoms with Crippen LogP contribution in [0, 0.1) is 45.8 Å². The van der Waals surface area contributed by atoms with Crippen molar-refractivity contribution in [3.05, 3.63) is 11.6 Å². The summed E-state index contributed by atoms with van der Waals surface area (Å²) in [5, 5.41) is 10.2. The zero-order valence-electron chi connectivity index (χ0n) is 19.1. The maximum atomic E-state index is 12.4. The van der Waals surface area contributed by atoms with Crippen LogP contribution in [0.5, 0.6) is 0 Å². The lowest BCUT2D eigenvalue weighted by Crippen LogP contribution is -2.68. The van der Waals surface area contributed by atoms with E-state index in [4.69, 9.17) is 4.74 Å². The molecule has 0 heterocycles. The standard InChI is InChI=1S/C26H38O4/c1-16(2)17-14-25-12-8-19-23(3,9-6-10-24(19,4)22(28)29)21(25)13-18(17)26(30-15-27)11-5-7-20(25)26/h14-16,18-21H,5-13H2,1-4H3,(H,28,29). The predicted molar refractivity (Wildman–Crippen MR) is 115 cm³/mol. The first-order chi connectivity index (χ1) is 14.2. The molecule has 1 spiro atoms. The Labute approximate surface area is 180 Å². The Balaban J connectivity index is 1.66. The van der Waals surface area contributed by atoms with Gasteiger partial charge >= 0.3 is 5.97 Å². The molecule has 4 heteroatoms. The SMILES string of the molecule is CC(C)C1=CC23CCC4C(C)(C(=O)O)CCCC4(C)C2CC1C1(OC=O)CCCC31. The van der Waals surface area contributed by atoms with Crippen molar-refractivity contribution < 1.29 is 19.4 Å². The van der Waals surface area contributed by atoms with E-state index in [-0.39, 0.29) is 22.3 Å². The Bertz CT molecular complexity index is 801. The molecule has 4 fully saturated rings. The highest BCUT2D eigenvalue weighted by Gasteiger charge is 2.73. The summed E-state index contributed by atoms with van der Waals surface area (Å²) in [7, 11) is 0. The summed E-state index contributed by atoms with van der Waals surface area (Å²) < 4.78 is 6.09. The average molecular weight is 415 g/mol. The van der Waals surface area contributed by atoms with Crippen molar-refractivity contribution >= 4 is 12.4 Å². The molecule has 8 unspecified atom stereocenters. The number of carboxylic acid groups (broad SMARTS) is 1. The first-order valence-electron chi connectivity index (χ1n) is 12.2. The van der Waals surface area contributed by atoms with Gasteiger partial charge in [-0.2, -0.15) is 0 Å². The van der Waals surface area contributed by atoms with Crippen molar-refractivity contribution in [2.75, 3.05) is 0 Å². The Morgan fingerprint density at radius 2 is 1.87 bits per heavy atom. The van der Waals surface area contributed by atoms with Crippen LogP contribution in [0.3, 0.4) is 0 Å². The minimum absolute atomic E-state index is 0.0524. The fourth-order valence-corrected chi connectivity index (χ4v) is 9.88. The lowest BCUT2D eigenvalue weighted by atomic mass is 9.34. The van der Waals surface area contributed by atoms with E-state index < -0.39 is 11.4 Å². The molecule has 4 saturated carbocycles. The first kappa shape index (κ1) is 20.6. The third-order valence-electron chi connectivity index (χ3n) is 10.9. The van der Waals surface area contributed by atoms with Gasteiger partial charge < -0.3 is 9.84 Å². The smallest absolute Gasteiger partial charge is 0.309 e. The quantitative estimate of drug-likeness (QED) is 0.480. The van der Waals surface area contributed by atoms with Crippen LogP contribution in [-0.2, 0) is 14.3 Å². The summed E-state index contributed by atoms with van der Waals surface area (Å²) in [4.78, 5) is 24.0. The molecular formula is C26H38O4. The highest BCUT2D eigenvalue weighted by Crippen LogP contribution is 2.76. The van der Waals surface area contributed by atoms with Crippen LogP contribution in [0.4, 0.5) is 0 Å². The third kappa shape index (κ3) is 2.24. The molecule has 6 aliphatic carbocycles. The fourth-order valence-electron chi connectivity index (χ4n) is 9.88. The van der Waals surface area contributed by atoms with E-state index in [2.05, 4.69) is 26.8 Å². The zero-order valence-corrected chi connectivity index (χ0v) is 19.1. The Morgan fingerprint density at radius 3 is 2.53 bits per heavy atom. The molecule has 0 aliphatic heterocycles. The summed E-state index contributed by atoms with van der Waals surface area (Å²) in [6.07, 6.45) is 12.0. The maximum Gasteiger partial charge on any atom is 0.309 e. The summed E-state index contributed by atoms with van der Waals surface area (Å²) in [6.45, 7) is 9.72. The van der Waals surface area contributed by atoms with Gasteiger partial charge in [-0.3, -0.25) is 9.59 Å². The van der Waals surface area contributed by atoms with E-state index in [9.17, 15) is 14.7 Å². The second kappa shape index (κ2) is 6.36. The molecular weight excluding hydrogens is 376 g/mol. The van der Waals surface area contributed by atoms with Gasteiger partial charge in [-0.25, -0.2) is 0 Å². The number of aliphatic carboxylic acids is 1. The van der Waals surface area contributed by atoms with Crippen molar-refractivity contribution in [2.45, 2.75) is 91.1 Å². The van der Waals surface area contributed by atoms with Crippen molar-refractivity contribution in [1.82, 2.24) is 0 Å². The Kier molecular flexibility index (Phi) is 4.36. The number of carboxylic acids is 1. The van der Waals surface area contributed by atoms with E-state index >= 15 is 0 Å². The van der Waals surface area contributed by atoms with Gasteiger partial charge in [0.05, 0.1) is 5.41 Å². The number of hydrogen-bond donors (Lipinski definition) is 1. The normalized spacial score (nSPS) is 51.6. The summed E-state index contributed by atoms with van der Waals surface area (Å²) in [5.41, 5.74) is 0.694. The minimum atomic E-state index is -0.609. The van der Waals surface area contributed by atoms with Crippen LogP contribution in [0.15, 0.2) is 11.6 Å². The molecule has 4 nitrogen and oxygen atoms in total. The fraction of sp³-hybridized carbons (Fsp3) is 0.846. The van der Waals surface area contributed by atoms with Crippen LogP contribution in [0.1, 0.15) is 85.5 Å². The summed E-state index contributed by atoms with van der Waals surface area (Å²) in [6, 6.07) is 0. The first-order valence-corrected chi connectivity index (χ1v) is 12.2. The second-order valence-electron chi connectivity index (χ2n) is 12.0. The largest absolute Gasteiger partial charge is 0.481 e. The molecule has 0 radical (unpaired) electrons. The van der Waals surface area contributed by atoms with Gasteiger partial charge in [0, 0.05) is 11.8 Å². The summed E-state index contributed by atoms with van der Waals surface area (Å²) >= 11 is 0. The molecule has 0 saturated heterocycles. The Morgan fingerprint density at radius 1 is 1.10 bits per heavy atom. The molecule has 0 amide bonds. The van der Waals surface area contributed by atoms with Gasteiger partial charge in [-0.15, -0.1) is 0 Å². The van der Waals surface area contributed by atoms with Crippen LogP contribution in [0.2, 0.25) is 0 Å². The molecule has 6 rings (SSSR count). The van der Waals surface area contributed by atoms with Gasteiger partial charge in [0.25, 0.3) is 6.47 Å². The highest BCUT2D eigenvalue weighted by molar-refractivity contribution is 5.75. The third-order valence-corrected chi connectivity index (χ3v) is 10.9. The number of fused-ring (bicyclic) bond motifs is 1. The van der Waals surface area contributed by atoms with Crippen LogP contribution < -0.4 is 0 Å². The second-order valence-corrected chi connectivity index (χ2v) is 12.0. The predicted octanol–water partition coefficient (Wildman–Crippen LogP) is 5.61. The Hall–Kier alpha value is -1.32. The molecule has 8 atom stereocenters. The number of carbonyl (C=O) groups excluding carboxylic acids is 1. The highest BCUT2D eigenvalue weighted by atomic mass is 16.5. The van der Waals surface area contributed by atoms with E-state index in [0.29, 0.717) is 23.7 Å². The number of ether oxygens (including phenoxy) is 1. The number of hydrogen-bond acceptors (Lipinski definition) is 3. The van der Waals surface area contributed by atoms with Crippen LogP contribution >= 0.6 is 0 Å². The number of allylic oxidation sites excluding steroid dienone is 1. The zero-order chi connectivity index (χ0) is 21.5. The number of carbonyl (C=O) groups is 2. The molecule has 0 aromatic rings. The van der Waals surface area contributed by atoms with E-state index in [0.717, 1.165) is 64.3 Å². The molecule has 30 heavy (non-hydrogen) atoms. The van der Waals surface area contributed by atoms with Crippen molar-refractivity contribution in [3.8, 4) is 0 Å². The molecule has 1 N–H and O–H groups in total. The van der Waals surface area contributed by atoms with Gasteiger partial charge in [0.2, 0.25) is 0 Å². The number of rotatable bonds is 4. The van der Waals surface area contributed by atoms with Crippen molar-refractivity contribution in [1.29, 1.82) is 0 Å². The van der Waals surface area contributed by atoms with E-state index in [1.807, 2.05) is 6.92 Å². The maximum absolute atomic E-state index is 12.4. The monoisotopic (exact) mass is 414 g/mol. The molecule has 2 bridgehead atoms. The van der Waals surface area contributed by atoms with Gasteiger partial charge in [-0.05, 0) is 86.9 Å². The van der Waals surface area contributed by atoms with Crippen LogP contribution in [0.25, 0.3) is 0 Å². The average Bonchev–Trinajstić information content (AvgIpc) is 3.14. The topological polar surface area (TPSA) is 63.6 Å². The van der Waals surface area contributed by atoms with Crippen molar-refractivity contribution in [3.63, 3.8) is 0 Å². The van der Waals surface area contributed by atoms with Crippen LogP contribution in [-0.4, -0.2) is 23.1 Å².